The summed E-state index contributed by atoms with van der Waals surface area (Å²) in [6.45, 7) is 5.07. The molecule has 0 unspecified atom stereocenters. The van der Waals surface area contributed by atoms with Gasteiger partial charge in [0, 0.05) is 19.5 Å². The molecular formula is C19H26N2O5. The fourth-order valence-electron chi connectivity index (χ4n) is 3.37. The molecular weight excluding hydrogens is 336 g/mol. The van der Waals surface area contributed by atoms with Crippen molar-refractivity contribution < 1.29 is 23.4 Å². The Hall–Kier alpha value is -2.41. The Morgan fingerprint density at radius 1 is 1.15 bits per heavy atom. The number of carbonyl (C=O) groups is 1. The van der Waals surface area contributed by atoms with E-state index in [4.69, 9.17) is 18.6 Å². The van der Waals surface area contributed by atoms with Gasteiger partial charge in [0.2, 0.25) is 5.91 Å². The number of hydrogen-bond donors (Lipinski definition) is 1. The van der Waals surface area contributed by atoms with Crippen LogP contribution in [0.2, 0.25) is 0 Å². The quantitative estimate of drug-likeness (QED) is 0.815. The van der Waals surface area contributed by atoms with E-state index in [0.29, 0.717) is 40.9 Å². The molecule has 0 bridgehead atoms. The summed E-state index contributed by atoms with van der Waals surface area (Å²) in [6.07, 6.45) is 5.29. The van der Waals surface area contributed by atoms with Gasteiger partial charge in [-0.05, 0) is 25.9 Å². The zero-order valence-corrected chi connectivity index (χ0v) is 15.6. The van der Waals surface area contributed by atoms with E-state index in [0.717, 1.165) is 19.6 Å². The molecule has 1 saturated heterocycles. The summed E-state index contributed by atoms with van der Waals surface area (Å²) in [5.74, 6) is 1.27. The molecule has 0 aromatic rings. The Morgan fingerprint density at radius 3 is 2.54 bits per heavy atom. The number of nitrogens with one attached hydrogen (secondary N) is 1. The highest BCUT2D eigenvalue weighted by Crippen LogP contribution is 2.51. The van der Waals surface area contributed by atoms with Crippen LogP contribution in [-0.2, 0) is 4.79 Å². The van der Waals surface area contributed by atoms with Gasteiger partial charge in [0.15, 0.2) is 5.75 Å². The first-order valence-corrected chi connectivity index (χ1v) is 8.93. The first kappa shape index (κ1) is 18.4. The summed E-state index contributed by atoms with van der Waals surface area (Å²) in [6, 6.07) is 1.75. The highest BCUT2D eigenvalue weighted by atomic mass is 16.6. The van der Waals surface area contributed by atoms with Crippen molar-refractivity contribution in [1.82, 2.24) is 4.90 Å². The average molecular weight is 362 g/mol. The van der Waals surface area contributed by atoms with Gasteiger partial charge in [0.05, 0.1) is 25.5 Å². The molecule has 2 aliphatic heterocycles. The molecule has 0 spiro atoms. The van der Waals surface area contributed by atoms with Gasteiger partial charge in [-0.1, -0.05) is 6.42 Å². The molecule has 0 aromatic heterocycles. The summed E-state index contributed by atoms with van der Waals surface area (Å²) in [5.41, 5.74) is 1.98. The Labute approximate surface area is 153 Å². The van der Waals surface area contributed by atoms with E-state index in [1.807, 2.05) is 0 Å². The van der Waals surface area contributed by atoms with Crippen molar-refractivity contribution in [3.63, 3.8) is 0 Å². The number of hydrogen-bond acceptors (Lipinski definition) is 6. The fraction of sp³-hybridized carbons (Fsp3) is 0.526. The monoisotopic (exact) mass is 362 g/mol. The minimum Gasteiger partial charge on any atom is -0.496 e. The molecule has 7 heteroatoms. The van der Waals surface area contributed by atoms with E-state index in [1.54, 1.807) is 20.3 Å². The number of ether oxygens (including phenoxy) is 3. The van der Waals surface area contributed by atoms with Crippen molar-refractivity contribution in [2.45, 2.75) is 26.2 Å². The number of nitrogens with zero attached hydrogens (tertiary/aromatic N) is 1. The van der Waals surface area contributed by atoms with E-state index < -0.39 is 0 Å². The summed E-state index contributed by atoms with van der Waals surface area (Å²) in [4.78, 5) is 13.9. The van der Waals surface area contributed by atoms with Crippen molar-refractivity contribution >= 4 is 11.6 Å². The van der Waals surface area contributed by atoms with Crippen LogP contribution in [0.1, 0.15) is 26.2 Å². The molecule has 0 radical (unpaired) electrons. The number of likely N-dealkylation sites (tertiary alicyclic amines) is 1. The number of amides is 1. The number of piperidine rings is 1. The standard InChI is InChI=1S/C19H26N2O5/c1-13(22)20-14-11-15(23-2)18-17(14)16(24-3)12-26-19(18)25-10-9-21-7-5-4-6-8-21/h11-12H,4-10H2,1-3H3,(H,20,22). The van der Waals surface area contributed by atoms with Crippen LogP contribution >= 0.6 is 0 Å². The number of rotatable bonds is 7. The maximum absolute atomic E-state index is 11.5. The van der Waals surface area contributed by atoms with Crippen LogP contribution in [0.5, 0.6) is 17.4 Å². The smallest absolute Gasteiger partial charge is 0.296 e. The lowest BCUT2D eigenvalue weighted by Crippen LogP contribution is -2.33. The first-order valence-electron chi connectivity index (χ1n) is 8.93. The maximum Gasteiger partial charge on any atom is 0.296 e. The zero-order chi connectivity index (χ0) is 18.5. The van der Waals surface area contributed by atoms with E-state index in [9.17, 15) is 4.79 Å². The predicted molar refractivity (Wildman–Crippen MR) is 98.5 cm³/mol. The van der Waals surface area contributed by atoms with Gasteiger partial charge in [0.1, 0.15) is 24.2 Å². The highest BCUT2D eigenvalue weighted by Gasteiger charge is 2.28. The second-order valence-electron chi connectivity index (χ2n) is 6.40. The van der Waals surface area contributed by atoms with Gasteiger partial charge in [-0.15, -0.1) is 0 Å². The third kappa shape index (κ3) is 3.88. The summed E-state index contributed by atoms with van der Waals surface area (Å²) in [5, 5.41) is 2.81. The average Bonchev–Trinajstić information content (AvgIpc) is 3.01. The van der Waals surface area contributed by atoms with Crippen molar-refractivity contribution in [3.8, 4) is 28.6 Å². The van der Waals surface area contributed by atoms with Crippen LogP contribution in [-0.4, -0.2) is 51.3 Å². The van der Waals surface area contributed by atoms with E-state index in [2.05, 4.69) is 10.2 Å². The molecule has 1 aliphatic carbocycles. The third-order valence-corrected chi connectivity index (χ3v) is 4.60. The van der Waals surface area contributed by atoms with E-state index in [-0.39, 0.29) is 5.91 Å². The first-order chi connectivity index (χ1) is 12.6. The van der Waals surface area contributed by atoms with Crippen LogP contribution in [0.4, 0.5) is 5.69 Å². The van der Waals surface area contributed by atoms with Crippen molar-refractivity contribution in [2.24, 2.45) is 0 Å². The van der Waals surface area contributed by atoms with E-state index in [1.165, 1.54) is 32.4 Å². The molecule has 1 N–H and O–H groups in total. The summed E-state index contributed by atoms with van der Waals surface area (Å²) >= 11 is 0. The van der Waals surface area contributed by atoms with Crippen molar-refractivity contribution in [2.75, 3.05) is 45.8 Å². The lowest BCUT2D eigenvalue weighted by molar-refractivity contribution is -0.114. The second-order valence-corrected chi connectivity index (χ2v) is 6.40. The third-order valence-electron chi connectivity index (χ3n) is 4.60. The maximum atomic E-state index is 11.5. The molecule has 0 atom stereocenters. The molecule has 3 rings (SSSR count). The lowest BCUT2D eigenvalue weighted by Gasteiger charge is -2.26. The summed E-state index contributed by atoms with van der Waals surface area (Å²) < 4.78 is 22.4. The van der Waals surface area contributed by atoms with Gasteiger partial charge in [-0.25, -0.2) is 0 Å². The lowest BCUT2D eigenvalue weighted by atomic mass is 10.1. The number of fused-ring (bicyclic) bond motifs is 1. The number of anilines is 1. The van der Waals surface area contributed by atoms with Gasteiger partial charge < -0.3 is 23.9 Å². The molecule has 7 nitrogen and oxygen atoms in total. The molecule has 0 saturated carbocycles. The molecule has 26 heavy (non-hydrogen) atoms. The fourth-order valence-corrected chi connectivity index (χ4v) is 3.37. The Morgan fingerprint density at radius 2 is 1.88 bits per heavy atom. The molecule has 0 aromatic carbocycles. The van der Waals surface area contributed by atoms with Crippen LogP contribution < -0.4 is 19.5 Å². The highest BCUT2D eigenvalue weighted by molar-refractivity contribution is 6.00. The Kier molecular flexibility index (Phi) is 5.88. The summed E-state index contributed by atoms with van der Waals surface area (Å²) in [7, 11) is 3.13. The molecule has 3 aliphatic rings. The topological polar surface area (TPSA) is 73.2 Å². The normalized spacial score (nSPS) is 15.0. The Balaban J connectivity index is 1.83. The van der Waals surface area contributed by atoms with Crippen LogP contribution in [0.15, 0.2) is 16.7 Å². The largest absolute Gasteiger partial charge is 0.496 e. The van der Waals surface area contributed by atoms with Gasteiger partial charge in [-0.3, -0.25) is 9.69 Å². The van der Waals surface area contributed by atoms with Crippen LogP contribution in [0.3, 0.4) is 0 Å². The van der Waals surface area contributed by atoms with Gasteiger partial charge >= 0.3 is 0 Å². The van der Waals surface area contributed by atoms with Crippen LogP contribution in [0.25, 0.3) is 11.1 Å². The minimum absolute atomic E-state index is 0.171. The van der Waals surface area contributed by atoms with Gasteiger partial charge in [0.25, 0.3) is 5.95 Å². The van der Waals surface area contributed by atoms with Crippen molar-refractivity contribution in [1.29, 1.82) is 0 Å². The number of carbonyl (C=O) groups excluding carboxylic acids is 1. The van der Waals surface area contributed by atoms with Gasteiger partial charge in [-0.2, -0.15) is 0 Å². The minimum atomic E-state index is -0.171. The van der Waals surface area contributed by atoms with E-state index >= 15 is 0 Å². The molecule has 1 fully saturated rings. The van der Waals surface area contributed by atoms with Crippen molar-refractivity contribution in [3.05, 3.63) is 12.3 Å². The zero-order valence-electron chi connectivity index (χ0n) is 15.6. The second kappa shape index (κ2) is 8.31. The molecule has 142 valence electrons. The SMILES string of the molecule is COc1coc(OCCN2CCCCC2)c2c(OC)cc(NC(C)=O)c1-2. The molecule has 1 amide bonds. The van der Waals surface area contributed by atoms with Crippen LogP contribution in [0, 0.1) is 0 Å². The number of methoxy groups -OCH3 is 2. The Bertz CT molecular complexity index is 721. The molecule has 2 heterocycles. The predicted octanol–water partition coefficient (Wildman–Crippen LogP) is 3.22.